The number of aryl methyl sites for hydroxylation is 2. The number of benzene rings is 1. The van der Waals surface area contributed by atoms with E-state index < -0.39 is 0 Å². The monoisotopic (exact) mass is 313 g/mol. The van der Waals surface area contributed by atoms with Crippen molar-refractivity contribution in [2.75, 3.05) is 0 Å². The number of hydrogen-bond donors (Lipinski definition) is 1. The SMILES string of the molecule is Cc1sc(-c2sc(C)c3ccccc23)c2c1C(=O)NC2=O. The van der Waals surface area contributed by atoms with Crippen LogP contribution in [-0.4, -0.2) is 11.8 Å². The van der Waals surface area contributed by atoms with E-state index in [1.54, 1.807) is 11.3 Å². The maximum Gasteiger partial charge on any atom is 0.260 e. The molecule has 1 aliphatic heterocycles. The van der Waals surface area contributed by atoms with Crippen molar-refractivity contribution in [3.8, 4) is 9.75 Å². The quantitative estimate of drug-likeness (QED) is 0.687. The van der Waals surface area contributed by atoms with Gasteiger partial charge in [0, 0.05) is 15.1 Å². The fraction of sp³-hybridized carbons (Fsp3) is 0.125. The van der Waals surface area contributed by atoms with Crippen molar-refractivity contribution >= 4 is 45.3 Å². The lowest BCUT2D eigenvalue weighted by Crippen LogP contribution is -2.20. The number of thiophene rings is 2. The molecule has 3 heterocycles. The summed E-state index contributed by atoms with van der Waals surface area (Å²) in [6.07, 6.45) is 0. The van der Waals surface area contributed by atoms with Gasteiger partial charge in [0.25, 0.3) is 11.8 Å². The molecule has 1 aliphatic rings. The molecule has 2 amide bonds. The summed E-state index contributed by atoms with van der Waals surface area (Å²) in [5.41, 5.74) is 1.10. The molecular formula is C16H11NO2S2. The van der Waals surface area contributed by atoms with E-state index >= 15 is 0 Å². The number of rotatable bonds is 1. The lowest BCUT2D eigenvalue weighted by atomic mass is 10.1. The van der Waals surface area contributed by atoms with Crippen LogP contribution in [0.2, 0.25) is 0 Å². The number of imide groups is 1. The molecule has 0 spiro atoms. The van der Waals surface area contributed by atoms with E-state index in [9.17, 15) is 9.59 Å². The maximum atomic E-state index is 12.1. The average Bonchev–Trinajstić information content (AvgIpc) is 3.06. The molecule has 104 valence electrons. The van der Waals surface area contributed by atoms with Gasteiger partial charge in [-0.25, -0.2) is 0 Å². The summed E-state index contributed by atoms with van der Waals surface area (Å²) in [5, 5.41) is 4.76. The van der Waals surface area contributed by atoms with Crippen molar-refractivity contribution in [1.29, 1.82) is 0 Å². The minimum Gasteiger partial charge on any atom is -0.288 e. The minimum atomic E-state index is -0.274. The summed E-state index contributed by atoms with van der Waals surface area (Å²) in [6, 6.07) is 8.19. The third-order valence-electron chi connectivity index (χ3n) is 3.78. The van der Waals surface area contributed by atoms with Gasteiger partial charge in [-0.2, -0.15) is 0 Å². The van der Waals surface area contributed by atoms with Gasteiger partial charge in [-0.05, 0) is 19.2 Å². The number of fused-ring (bicyclic) bond motifs is 2. The Morgan fingerprint density at radius 2 is 1.43 bits per heavy atom. The lowest BCUT2D eigenvalue weighted by Gasteiger charge is -1.98. The number of carbonyl (C=O) groups excluding carboxylic acids is 2. The van der Waals surface area contributed by atoms with E-state index in [1.165, 1.54) is 21.6 Å². The molecule has 0 saturated heterocycles. The van der Waals surface area contributed by atoms with Gasteiger partial charge in [-0.1, -0.05) is 24.3 Å². The Labute approximate surface area is 129 Å². The van der Waals surface area contributed by atoms with Crippen LogP contribution in [0.3, 0.4) is 0 Å². The van der Waals surface area contributed by atoms with E-state index in [0.717, 1.165) is 20.0 Å². The summed E-state index contributed by atoms with van der Waals surface area (Å²) >= 11 is 3.22. The Bertz CT molecular complexity index is 933. The van der Waals surface area contributed by atoms with E-state index in [4.69, 9.17) is 0 Å². The van der Waals surface area contributed by atoms with Crippen molar-refractivity contribution in [3.05, 3.63) is 45.1 Å². The molecule has 0 radical (unpaired) electrons. The van der Waals surface area contributed by atoms with Crippen LogP contribution >= 0.6 is 22.7 Å². The van der Waals surface area contributed by atoms with Gasteiger partial charge in [-0.15, -0.1) is 22.7 Å². The highest BCUT2D eigenvalue weighted by atomic mass is 32.1. The number of hydrogen-bond acceptors (Lipinski definition) is 4. The predicted octanol–water partition coefficient (Wildman–Crippen LogP) is 4.13. The molecule has 0 saturated carbocycles. The lowest BCUT2D eigenvalue weighted by molar-refractivity contribution is 0.0879. The summed E-state index contributed by atoms with van der Waals surface area (Å²) in [7, 11) is 0. The van der Waals surface area contributed by atoms with Gasteiger partial charge in [0.2, 0.25) is 0 Å². The standard InChI is InChI=1S/C16H11NO2S2/c1-7-9-5-3-4-6-10(9)13(20-7)14-12-11(8(2)21-14)15(18)17-16(12)19/h3-6H,1-2H3,(H,17,18,19). The second-order valence-electron chi connectivity index (χ2n) is 5.05. The van der Waals surface area contributed by atoms with Gasteiger partial charge in [0.1, 0.15) is 0 Å². The van der Waals surface area contributed by atoms with Crippen molar-refractivity contribution < 1.29 is 9.59 Å². The molecular weight excluding hydrogens is 302 g/mol. The summed E-state index contributed by atoms with van der Waals surface area (Å²) < 4.78 is 0. The predicted molar refractivity (Wildman–Crippen MR) is 86.4 cm³/mol. The van der Waals surface area contributed by atoms with E-state index in [0.29, 0.717) is 11.1 Å². The zero-order valence-corrected chi connectivity index (χ0v) is 13.1. The summed E-state index contributed by atoms with van der Waals surface area (Å²) in [4.78, 5) is 28.1. The Morgan fingerprint density at radius 1 is 0.810 bits per heavy atom. The van der Waals surface area contributed by atoms with Crippen LogP contribution in [-0.2, 0) is 0 Å². The van der Waals surface area contributed by atoms with Crippen LogP contribution in [0.15, 0.2) is 24.3 Å². The number of nitrogens with one attached hydrogen (secondary N) is 1. The smallest absolute Gasteiger partial charge is 0.260 e. The highest BCUT2D eigenvalue weighted by Crippen LogP contribution is 2.45. The topological polar surface area (TPSA) is 46.2 Å². The van der Waals surface area contributed by atoms with E-state index in [-0.39, 0.29) is 11.8 Å². The molecule has 3 aromatic rings. The first-order chi connectivity index (χ1) is 10.1. The van der Waals surface area contributed by atoms with Crippen molar-refractivity contribution in [3.63, 3.8) is 0 Å². The second kappa shape index (κ2) is 4.26. The van der Waals surface area contributed by atoms with Crippen molar-refractivity contribution in [2.45, 2.75) is 13.8 Å². The van der Waals surface area contributed by atoms with Gasteiger partial charge >= 0.3 is 0 Å². The molecule has 4 rings (SSSR count). The van der Waals surface area contributed by atoms with Crippen LogP contribution in [0.4, 0.5) is 0 Å². The summed E-state index contributed by atoms with van der Waals surface area (Å²) in [6.45, 7) is 3.98. The fourth-order valence-electron chi connectivity index (χ4n) is 2.84. The molecule has 0 aliphatic carbocycles. The van der Waals surface area contributed by atoms with Crippen LogP contribution in [0.5, 0.6) is 0 Å². The molecule has 2 aromatic heterocycles. The largest absolute Gasteiger partial charge is 0.288 e. The van der Waals surface area contributed by atoms with E-state index in [1.807, 2.05) is 19.1 Å². The molecule has 5 heteroatoms. The van der Waals surface area contributed by atoms with Crippen molar-refractivity contribution in [1.82, 2.24) is 5.32 Å². The van der Waals surface area contributed by atoms with Crippen LogP contribution in [0, 0.1) is 13.8 Å². The Kier molecular flexibility index (Phi) is 2.58. The molecule has 0 unspecified atom stereocenters. The molecule has 1 N–H and O–H groups in total. The first kappa shape index (κ1) is 12.7. The Balaban J connectivity index is 2.08. The van der Waals surface area contributed by atoms with Crippen molar-refractivity contribution in [2.24, 2.45) is 0 Å². The van der Waals surface area contributed by atoms with E-state index in [2.05, 4.69) is 24.4 Å². The third kappa shape index (κ3) is 1.65. The van der Waals surface area contributed by atoms with Gasteiger partial charge < -0.3 is 0 Å². The molecule has 3 nitrogen and oxygen atoms in total. The first-order valence-electron chi connectivity index (χ1n) is 6.55. The fourth-order valence-corrected chi connectivity index (χ4v) is 5.27. The van der Waals surface area contributed by atoms with Gasteiger partial charge in [0.15, 0.2) is 0 Å². The normalized spacial score (nSPS) is 13.8. The zero-order valence-electron chi connectivity index (χ0n) is 11.4. The summed E-state index contributed by atoms with van der Waals surface area (Å²) in [5.74, 6) is -0.544. The molecule has 0 fully saturated rings. The molecule has 0 atom stereocenters. The average molecular weight is 313 g/mol. The third-order valence-corrected chi connectivity index (χ3v) is 6.18. The second-order valence-corrected chi connectivity index (χ2v) is 7.50. The first-order valence-corrected chi connectivity index (χ1v) is 8.19. The molecule has 0 bridgehead atoms. The number of amides is 2. The zero-order chi connectivity index (χ0) is 14.7. The molecule has 21 heavy (non-hydrogen) atoms. The number of carbonyl (C=O) groups is 2. The van der Waals surface area contributed by atoms with Crippen LogP contribution in [0.1, 0.15) is 30.5 Å². The highest BCUT2D eigenvalue weighted by molar-refractivity contribution is 7.24. The maximum absolute atomic E-state index is 12.1. The molecule has 1 aromatic carbocycles. The van der Waals surface area contributed by atoms with Crippen LogP contribution < -0.4 is 5.32 Å². The van der Waals surface area contributed by atoms with Crippen LogP contribution in [0.25, 0.3) is 20.5 Å². The minimum absolute atomic E-state index is 0.271. The van der Waals surface area contributed by atoms with Gasteiger partial charge in [-0.3, -0.25) is 14.9 Å². The highest BCUT2D eigenvalue weighted by Gasteiger charge is 2.35. The van der Waals surface area contributed by atoms with Gasteiger partial charge in [0.05, 0.1) is 20.9 Å². The Morgan fingerprint density at radius 3 is 2.19 bits per heavy atom. The Hall–Kier alpha value is -1.98.